The molecule has 1 aromatic rings. The highest BCUT2D eigenvalue weighted by Gasteiger charge is 2.38. The number of benzene rings is 1. The van der Waals surface area contributed by atoms with E-state index in [4.69, 9.17) is 0 Å². The summed E-state index contributed by atoms with van der Waals surface area (Å²) in [6.45, 7) is 4.31. The van der Waals surface area contributed by atoms with Crippen LogP contribution in [0, 0.1) is 0 Å². The van der Waals surface area contributed by atoms with Crippen LogP contribution in [0.1, 0.15) is 12.5 Å². The Kier molecular flexibility index (Phi) is 4.47. The van der Waals surface area contributed by atoms with E-state index in [1.165, 1.54) is 6.92 Å². The number of likely N-dealkylation sites (N-methyl/N-ethyl adjacent to an activating group) is 1. The maximum absolute atomic E-state index is 12.3. The first-order chi connectivity index (χ1) is 9.93. The van der Waals surface area contributed by atoms with Gasteiger partial charge >= 0.3 is 12.0 Å². The lowest BCUT2D eigenvalue weighted by molar-refractivity contribution is -0.144. The van der Waals surface area contributed by atoms with Crippen molar-refractivity contribution in [3.63, 3.8) is 0 Å². The van der Waals surface area contributed by atoms with Crippen LogP contribution in [-0.2, 0) is 10.3 Å². The minimum Gasteiger partial charge on any atom is -0.479 e. The lowest BCUT2D eigenvalue weighted by atomic mass is 9.92. The summed E-state index contributed by atoms with van der Waals surface area (Å²) in [6.07, 6.45) is 0. The first kappa shape index (κ1) is 15.3. The fourth-order valence-electron chi connectivity index (χ4n) is 2.32. The standard InChI is InChI=1S/C15H21N3O3/c1-15(13(19)20,12-6-4-3-5-7-12)16-14(21)18-10-8-17(2)9-11-18/h3-7H,8-11H2,1-2H3,(H,16,21)(H,19,20). The molecule has 0 radical (unpaired) electrons. The van der Waals surface area contributed by atoms with Crippen molar-refractivity contribution in [2.75, 3.05) is 33.2 Å². The molecule has 0 aromatic heterocycles. The van der Waals surface area contributed by atoms with E-state index in [9.17, 15) is 14.7 Å². The number of amides is 2. The summed E-state index contributed by atoms with van der Waals surface area (Å²) in [5.74, 6) is -1.07. The third-order valence-electron chi connectivity index (χ3n) is 3.93. The molecule has 114 valence electrons. The van der Waals surface area contributed by atoms with E-state index in [1.54, 1.807) is 29.2 Å². The number of nitrogens with one attached hydrogen (secondary N) is 1. The zero-order chi connectivity index (χ0) is 15.5. The van der Waals surface area contributed by atoms with E-state index >= 15 is 0 Å². The lowest BCUT2D eigenvalue weighted by Gasteiger charge is -2.35. The van der Waals surface area contributed by atoms with Gasteiger partial charge in [-0.3, -0.25) is 0 Å². The van der Waals surface area contributed by atoms with Crippen LogP contribution in [0.25, 0.3) is 0 Å². The lowest BCUT2D eigenvalue weighted by Crippen LogP contribution is -2.57. The molecule has 2 rings (SSSR count). The van der Waals surface area contributed by atoms with Gasteiger partial charge in [-0.25, -0.2) is 9.59 Å². The Labute approximate surface area is 124 Å². The van der Waals surface area contributed by atoms with Gasteiger partial charge in [0.05, 0.1) is 0 Å². The minimum atomic E-state index is -1.43. The number of carboxylic acid groups (broad SMARTS) is 1. The van der Waals surface area contributed by atoms with Crippen molar-refractivity contribution in [1.29, 1.82) is 0 Å². The number of carboxylic acids is 1. The van der Waals surface area contributed by atoms with Gasteiger partial charge in [-0.2, -0.15) is 0 Å². The van der Waals surface area contributed by atoms with E-state index in [0.717, 1.165) is 13.1 Å². The van der Waals surface area contributed by atoms with Gasteiger partial charge in [-0.05, 0) is 19.5 Å². The van der Waals surface area contributed by atoms with Crippen LogP contribution in [-0.4, -0.2) is 60.1 Å². The molecule has 1 saturated heterocycles. The number of piperazine rings is 1. The highest BCUT2D eigenvalue weighted by molar-refractivity contribution is 5.87. The molecule has 2 N–H and O–H groups in total. The van der Waals surface area contributed by atoms with Gasteiger partial charge in [-0.15, -0.1) is 0 Å². The number of aliphatic carboxylic acids is 1. The number of nitrogens with zero attached hydrogens (tertiary/aromatic N) is 2. The molecule has 2 amide bonds. The fraction of sp³-hybridized carbons (Fsp3) is 0.467. The molecule has 1 aliphatic heterocycles. The number of hydrogen-bond donors (Lipinski definition) is 2. The Hall–Kier alpha value is -2.08. The molecule has 6 nitrogen and oxygen atoms in total. The topological polar surface area (TPSA) is 72.9 Å². The summed E-state index contributed by atoms with van der Waals surface area (Å²) in [7, 11) is 2.00. The summed E-state index contributed by atoms with van der Waals surface area (Å²) in [6, 6.07) is 8.42. The van der Waals surface area contributed by atoms with Crippen LogP contribution in [0.3, 0.4) is 0 Å². The van der Waals surface area contributed by atoms with Crippen molar-refractivity contribution in [2.24, 2.45) is 0 Å². The van der Waals surface area contributed by atoms with Crippen molar-refractivity contribution in [2.45, 2.75) is 12.5 Å². The second-order valence-electron chi connectivity index (χ2n) is 5.52. The number of carbonyl (C=O) groups is 2. The van der Waals surface area contributed by atoms with Crippen LogP contribution >= 0.6 is 0 Å². The quantitative estimate of drug-likeness (QED) is 0.869. The van der Waals surface area contributed by atoms with Gasteiger partial charge < -0.3 is 20.2 Å². The van der Waals surface area contributed by atoms with Crippen LogP contribution in [0.4, 0.5) is 4.79 Å². The van der Waals surface area contributed by atoms with Crippen LogP contribution in [0.15, 0.2) is 30.3 Å². The Morgan fingerprint density at radius 2 is 1.71 bits per heavy atom. The zero-order valence-corrected chi connectivity index (χ0v) is 12.4. The first-order valence-corrected chi connectivity index (χ1v) is 6.98. The Morgan fingerprint density at radius 1 is 1.14 bits per heavy atom. The van der Waals surface area contributed by atoms with E-state index in [0.29, 0.717) is 18.7 Å². The Morgan fingerprint density at radius 3 is 2.24 bits per heavy atom. The molecule has 0 bridgehead atoms. The molecule has 1 atom stereocenters. The van der Waals surface area contributed by atoms with E-state index in [2.05, 4.69) is 10.2 Å². The molecular weight excluding hydrogens is 270 g/mol. The molecule has 0 spiro atoms. The van der Waals surface area contributed by atoms with Crippen molar-refractivity contribution < 1.29 is 14.7 Å². The van der Waals surface area contributed by atoms with Gasteiger partial charge in [-0.1, -0.05) is 30.3 Å². The second-order valence-corrected chi connectivity index (χ2v) is 5.52. The molecular formula is C15H21N3O3. The number of hydrogen-bond acceptors (Lipinski definition) is 3. The van der Waals surface area contributed by atoms with E-state index in [-0.39, 0.29) is 6.03 Å². The first-order valence-electron chi connectivity index (χ1n) is 6.98. The van der Waals surface area contributed by atoms with Crippen LogP contribution in [0.5, 0.6) is 0 Å². The molecule has 0 saturated carbocycles. The summed E-state index contributed by atoms with van der Waals surface area (Å²) in [5, 5.41) is 12.2. The average molecular weight is 291 g/mol. The molecule has 0 aliphatic carbocycles. The Bertz CT molecular complexity index is 512. The van der Waals surface area contributed by atoms with Gasteiger partial charge in [0.25, 0.3) is 0 Å². The fourth-order valence-corrected chi connectivity index (χ4v) is 2.32. The summed E-state index contributed by atoms with van der Waals surface area (Å²) in [4.78, 5) is 27.8. The third-order valence-corrected chi connectivity index (χ3v) is 3.93. The van der Waals surface area contributed by atoms with Gasteiger partial charge in [0.2, 0.25) is 0 Å². The van der Waals surface area contributed by atoms with Crippen molar-refractivity contribution >= 4 is 12.0 Å². The largest absolute Gasteiger partial charge is 0.479 e. The molecule has 1 unspecified atom stereocenters. The van der Waals surface area contributed by atoms with Crippen molar-refractivity contribution in [3.8, 4) is 0 Å². The highest BCUT2D eigenvalue weighted by Crippen LogP contribution is 2.21. The van der Waals surface area contributed by atoms with Crippen molar-refractivity contribution in [1.82, 2.24) is 15.1 Å². The number of urea groups is 1. The molecule has 1 heterocycles. The molecule has 1 aliphatic rings. The molecule has 1 fully saturated rings. The minimum absolute atomic E-state index is 0.336. The maximum Gasteiger partial charge on any atom is 0.333 e. The third kappa shape index (κ3) is 3.33. The van der Waals surface area contributed by atoms with E-state index < -0.39 is 11.5 Å². The smallest absolute Gasteiger partial charge is 0.333 e. The SMILES string of the molecule is CN1CCN(C(=O)NC(C)(C(=O)O)c2ccccc2)CC1. The van der Waals surface area contributed by atoms with Gasteiger partial charge in [0.1, 0.15) is 0 Å². The van der Waals surface area contributed by atoms with Crippen LogP contribution < -0.4 is 5.32 Å². The highest BCUT2D eigenvalue weighted by atomic mass is 16.4. The monoisotopic (exact) mass is 291 g/mol. The number of rotatable bonds is 3. The normalized spacial score (nSPS) is 18.9. The van der Waals surface area contributed by atoms with Crippen LogP contribution in [0.2, 0.25) is 0 Å². The second kappa shape index (κ2) is 6.13. The number of carbonyl (C=O) groups excluding carboxylic acids is 1. The summed E-state index contributed by atoms with van der Waals surface area (Å²) < 4.78 is 0. The predicted octanol–water partition coefficient (Wildman–Crippen LogP) is 0.943. The Balaban J connectivity index is 2.13. The summed E-state index contributed by atoms with van der Waals surface area (Å²) >= 11 is 0. The van der Waals surface area contributed by atoms with Crippen molar-refractivity contribution in [3.05, 3.63) is 35.9 Å². The van der Waals surface area contributed by atoms with Gasteiger partial charge in [0, 0.05) is 26.2 Å². The molecule has 6 heteroatoms. The molecule has 1 aromatic carbocycles. The van der Waals surface area contributed by atoms with Gasteiger partial charge in [0.15, 0.2) is 5.54 Å². The molecule has 21 heavy (non-hydrogen) atoms. The summed E-state index contributed by atoms with van der Waals surface area (Å²) in [5.41, 5.74) is -0.873. The maximum atomic E-state index is 12.3. The zero-order valence-electron chi connectivity index (χ0n) is 12.4. The average Bonchev–Trinajstić information content (AvgIpc) is 2.48. The van der Waals surface area contributed by atoms with E-state index in [1.807, 2.05) is 13.1 Å². The predicted molar refractivity (Wildman–Crippen MR) is 79.0 cm³/mol.